The Morgan fingerprint density at radius 1 is 1.09 bits per heavy atom. The van der Waals surface area contributed by atoms with E-state index in [1.165, 1.54) is 18.5 Å². The van der Waals surface area contributed by atoms with Crippen LogP contribution < -0.4 is 9.64 Å². The monoisotopic (exact) mass is 306 g/mol. The van der Waals surface area contributed by atoms with Crippen LogP contribution in [-0.2, 0) is 10.2 Å². The van der Waals surface area contributed by atoms with Crippen LogP contribution in [0, 0.1) is 0 Å². The first-order valence-corrected chi connectivity index (χ1v) is 8.76. The highest BCUT2D eigenvalue weighted by Gasteiger charge is 2.17. The summed E-state index contributed by atoms with van der Waals surface area (Å²) in [5.74, 6) is 0.995. The van der Waals surface area contributed by atoms with E-state index in [2.05, 4.69) is 45.0 Å². The lowest BCUT2D eigenvalue weighted by Crippen LogP contribution is -3.14. The van der Waals surface area contributed by atoms with Crippen molar-refractivity contribution in [3.8, 4) is 5.75 Å². The van der Waals surface area contributed by atoms with Gasteiger partial charge in [-0.1, -0.05) is 32.9 Å². The van der Waals surface area contributed by atoms with Gasteiger partial charge in [0.25, 0.3) is 0 Å². The summed E-state index contributed by atoms with van der Waals surface area (Å²) >= 11 is 0. The van der Waals surface area contributed by atoms with Crippen LogP contribution in [0.25, 0.3) is 0 Å². The van der Waals surface area contributed by atoms with E-state index >= 15 is 0 Å². The molecule has 1 N–H and O–H groups in total. The lowest BCUT2D eigenvalue weighted by atomic mass is 9.82. The minimum atomic E-state index is 0.249. The molecule has 0 spiro atoms. The Labute approximate surface area is 135 Å². The molecule has 3 heteroatoms. The Hall–Kier alpha value is -1.06. The molecule has 0 saturated carbocycles. The maximum Gasteiger partial charge on any atom is 0.119 e. The lowest BCUT2D eigenvalue weighted by Gasteiger charge is -2.24. The van der Waals surface area contributed by atoms with E-state index in [1.54, 1.807) is 4.90 Å². The van der Waals surface area contributed by atoms with Crippen molar-refractivity contribution in [3.05, 3.63) is 29.8 Å². The molecule has 1 saturated heterocycles. The molecule has 1 heterocycles. The summed E-state index contributed by atoms with van der Waals surface area (Å²) in [5, 5.41) is 0. The van der Waals surface area contributed by atoms with Crippen molar-refractivity contribution < 1.29 is 14.4 Å². The number of ether oxygens (including phenoxy) is 2. The minimum absolute atomic E-state index is 0.249. The van der Waals surface area contributed by atoms with Gasteiger partial charge in [-0.2, -0.15) is 0 Å². The van der Waals surface area contributed by atoms with Crippen LogP contribution in [0.3, 0.4) is 0 Å². The molecule has 0 unspecified atom stereocenters. The molecular formula is C19H32NO2+. The van der Waals surface area contributed by atoms with Crippen molar-refractivity contribution in [2.75, 3.05) is 39.5 Å². The third-order valence-corrected chi connectivity index (χ3v) is 4.91. The zero-order valence-corrected chi connectivity index (χ0v) is 14.5. The van der Waals surface area contributed by atoms with Gasteiger partial charge >= 0.3 is 0 Å². The van der Waals surface area contributed by atoms with Crippen LogP contribution in [0.15, 0.2) is 24.3 Å². The highest BCUT2D eigenvalue weighted by Crippen LogP contribution is 2.28. The fraction of sp³-hybridized carbons (Fsp3) is 0.684. The fourth-order valence-electron chi connectivity index (χ4n) is 2.78. The molecule has 0 radical (unpaired) electrons. The Bertz CT molecular complexity index is 422. The van der Waals surface area contributed by atoms with Gasteiger partial charge in [-0.05, 0) is 42.4 Å². The maximum absolute atomic E-state index is 5.86. The second-order valence-electron chi connectivity index (χ2n) is 6.93. The van der Waals surface area contributed by atoms with Crippen molar-refractivity contribution in [2.24, 2.45) is 0 Å². The molecule has 0 aromatic heterocycles. The third kappa shape index (κ3) is 5.29. The molecule has 1 aromatic rings. The molecule has 1 fully saturated rings. The molecule has 0 amide bonds. The van der Waals surface area contributed by atoms with E-state index < -0.39 is 0 Å². The van der Waals surface area contributed by atoms with Gasteiger partial charge in [-0.15, -0.1) is 0 Å². The summed E-state index contributed by atoms with van der Waals surface area (Å²) in [4.78, 5) is 1.68. The zero-order valence-electron chi connectivity index (χ0n) is 14.5. The second-order valence-corrected chi connectivity index (χ2v) is 6.93. The Morgan fingerprint density at radius 2 is 1.77 bits per heavy atom. The van der Waals surface area contributed by atoms with Crippen LogP contribution in [-0.4, -0.2) is 39.5 Å². The summed E-state index contributed by atoms with van der Waals surface area (Å²) in [6, 6.07) is 8.63. The first kappa shape index (κ1) is 17.3. The molecule has 22 heavy (non-hydrogen) atoms. The molecule has 0 atom stereocenters. The summed E-state index contributed by atoms with van der Waals surface area (Å²) in [6.45, 7) is 13.1. The van der Waals surface area contributed by atoms with Crippen LogP contribution in [0.1, 0.15) is 45.6 Å². The molecule has 124 valence electrons. The van der Waals surface area contributed by atoms with Crippen LogP contribution in [0.5, 0.6) is 5.75 Å². The molecule has 0 bridgehead atoms. The molecule has 1 aromatic carbocycles. The van der Waals surface area contributed by atoms with Crippen molar-refractivity contribution in [2.45, 2.75) is 45.4 Å². The van der Waals surface area contributed by atoms with E-state index in [1.807, 2.05) is 0 Å². The molecular weight excluding hydrogens is 274 g/mol. The summed E-state index contributed by atoms with van der Waals surface area (Å²) in [7, 11) is 0. The lowest BCUT2D eigenvalue weighted by molar-refractivity contribution is -0.908. The highest BCUT2D eigenvalue weighted by atomic mass is 16.5. The summed E-state index contributed by atoms with van der Waals surface area (Å²) < 4.78 is 11.2. The predicted octanol–water partition coefficient (Wildman–Crippen LogP) is 2.45. The SMILES string of the molecule is CCC(C)(C)c1ccc(OCCCC[NH+]2CCOCC2)cc1. The van der Waals surface area contributed by atoms with E-state index in [9.17, 15) is 0 Å². The molecule has 3 nitrogen and oxygen atoms in total. The van der Waals surface area contributed by atoms with Gasteiger partial charge in [-0.3, -0.25) is 0 Å². The van der Waals surface area contributed by atoms with Crippen LogP contribution in [0.4, 0.5) is 0 Å². The van der Waals surface area contributed by atoms with Gasteiger partial charge in [0.05, 0.1) is 26.4 Å². The van der Waals surface area contributed by atoms with Crippen molar-refractivity contribution in [3.63, 3.8) is 0 Å². The topological polar surface area (TPSA) is 22.9 Å². The smallest absolute Gasteiger partial charge is 0.119 e. The highest BCUT2D eigenvalue weighted by molar-refractivity contribution is 5.31. The predicted molar refractivity (Wildman–Crippen MR) is 90.9 cm³/mol. The van der Waals surface area contributed by atoms with Crippen LogP contribution in [0.2, 0.25) is 0 Å². The number of morpholine rings is 1. The minimum Gasteiger partial charge on any atom is -0.494 e. The quantitative estimate of drug-likeness (QED) is 0.746. The number of unbranched alkanes of at least 4 members (excludes halogenated alkanes) is 1. The molecule has 1 aliphatic rings. The molecule has 2 rings (SSSR count). The van der Waals surface area contributed by atoms with E-state index in [4.69, 9.17) is 9.47 Å². The summed E-state index contributed by atoms with van der Waals surface area (Å²) in [5.41, 5.74) is 1.64. The Morgan fingerprint density at radius 3 is 2.41 bits per heavy atom. The fourth-order valence-corrected chi connectivity index (χ4v) is 2.78. The van der Waals surface area contributed by atoms with E-state index in [0.29, 0.717) is 0 Å². The third-order valence-electron chi connectivity index (χ3n) is 4.91. The average molecular weight is 306 g/mol. The molecule has 0 aliphatic carbocycles. The van der Waals surface area contributed by atoms with Crippen LogP contribution >= 0.6 is 0 Å². The van der Waals surface area contributed by atoms with E-state index in [-0.39, 0.29) is 5.41 Å². The number of rotatable bonds is 8. The van der Waals surface area contributed by atoms with Gasteiger partial charge < -0.3 is 14.4 Å². The van der Waals surface area contributed by atoms with Gasteiger partial charge in [0, 0.05) is 0 Å². The Kier molecular flexibility index (Phi) is 6.71. The first-order chi connectivity index (χ1) is 10.6. The molecule has 1 aliphatic heterocycles. The van der Waals surface area contributed by atoms with Gasteiger partial charge in [0.15, 0.2) is 0 Å². The van der Waals surface area contributed by atoms with Crippen molar-refractivity contribution in [1.82, 2.24) is 0 Å². The normalized spacial score (nSPS) is 16.7. The second kappa shape index (κ2) is 8.54. The number of nitrogens with one attached hydrogen (secondary N) is 1. The number of hydrogen-bond donors (Lipinski definition) is 1. The zero-order chi connectivity index (χ0) is 15.8. The van der Waals surface area contributed by atoms with Gasteiger partial charge in [0.2, 0.25) is 0 Å². The van der Waals surface area contributed by atoms with Crippen molar-refractivity contribution >= 4 is 0 Å². The largest absolute Gasteiger partial charge is 0.494 e. The standard InChI is InChI=1S/C19H31NO2/c1-4-19(2,3)17-7-9-18(10-8-17)22-14-6-5-11-20-12-15-21-16-13-20/h7-10H,4-6,11-16H2,1-3H3/p+1. The van der Waals surface area contributed by atoms with Crippen molar-refractivity contribution in [1.29, 1.82) is 0 Å². The number of benzene rings is 1. The van der Waals surface area contributed by atoms with Gasteiger partial charge in [0.1, 0.15) is 18.8 Å². The average Bonchev–Trinajstić information content (AvgIpc) is 2.56. The first-order valence-electron chi connectivity index (χ1n) is 8.76. The Balaban J connectivity index is 1.64. The number of quaternary nitrogens is 1. The summed E-state index contributed by atoms with van der Waals surface area (Å²) in [6.07, 6.45) is 3.51. The number of hydrogen-bond acceptors (Lipinski definition) is 2. The van der Waals surface area contributed by atoms with Gasteiger partial charge in [-0.25, -0.2) is 0 Å². The van der Waals surface area contributed by atoms with E-state index in [0.717, 1.165) is 51.5 Å². The maximum atomic E-state index is 5.86.